The average molecular weight is 266 g/mol. The van der Waals surface area contributed by atoms with Crippen LogP contribution < -0.4 is 0 Å². The quantitative estimate of drug-likeness (QED) is 0.857. The highest BCUT2D eigenvalue weighted by Gasteiger charge is 2.24. The Hall–Kier alpha value is -2.12. The fourth-order valence-corrected chi connectivity index (χ4v) is 2.75. The van der Waals surface area contributed by atoms with Crippen LogP contribution >= 0.6 is 0 Å². The van der Waals surface area contributed by atoms with Crippen LogP contribution in [0.25, 0.3) is 0 Å². The molecule has 1 unspecified atom stereocenters. The average Bonchev–Trinajstić information content (AvgIpc) is 3.09. The molecular formula is C16H18N4. The lowest BCUT2D eigenvalue weighted by molar-refractivity contribution is 0.311. The van der Waals surface area contributed by atoms with Crippen LogP contribution in [0.3, 0.4) is 0 Å². The number of hydrogen-bond acceptors (Lipinski definition) is 3. The summed E-state index contributed by atoms with van der Waals surface area (Å²) in [6.07, 6.45) is 5.19. The first-order valence-corrected chi connectivity index (χ1v) is 6.97. The predicted octanol–water partition coefficient (Wildman–Crippen LogP) is 2.51. The topological polar surface area (TPSA) is 44.9 Å². The molecule has 0 N–H and O–H groups in total. The van der Waals surface area contributed by atoms with Crippen molar-refractivity contribution >= 4 is 0 Å². The molecule has 3 rings (SSSR count). The molecule has 1 aromatic heterocycles. The molecule has 2 aromatic rings. The molecule has 0 aliphatic carbocycles. The molecule has 0 radical (unpaired) electrons. The molecule has 1 fully saturated rings. The van der Waals surface area contributed by atoms with Crippen LogP contribution in [-0.2, 0) is 6.54 Å². The minimum Gasteiger partial charge on any atom is -0.297 e. The standard InChI is InChI=1S/C16H18N4/c1-13-9-18-20(10-13)16-6-7-19(12-16)11-15-4-2-14(8-17)3-5-15/h2-5,9-10,16H,6-7,11-12H2,1H3. The van der Waals surface area contributed by atoms with E-state index in [1.54, 1.807) is 0 Å². The van der Waals surface area contributed by atoms with Crippen molar-refractivity contribution in [3.8, 4) is 6.07 Å². The van der Waals surface area contributed by atoms with Gasteiger partial charge in [-0.25, -0.2) is 0 Å². The summed E-state index contributed by atoms with van der Waals surface area (Å²) < 4.78 is 2.09. The van der Waals surface area contributed by atoms with E-state index in [0.29, 0.717) is 6.04 Å². The Morgan fingerprint density at radius 3 is 2.80 bits per heavy atom. The van der Waals surface area contributed by atoms with Gasteiger partial charge in [0.2, 0.25) is 0 Å². The first-order valence-electron chi connectivity index (χ1n) is 6.97. The Morgan fingerprint density at radius 1 is 1.35 bits per heavy atom. The van der Waals surface area contributed by atoms with E-state index in [-0.39, 0.29) is 0 Å². The minimum absolute atomic E-state index is 0.488. The van der Waals surface area contributed by atoms with Crippen molar-refractivity contribution in [2.24, 2.45) is 0 Å². The largest absolute Gasteiger partial charge is 0.297 e. The van der Waals surface area contributed by atoms with Crippen LogP contribution in [0.1, 0.15) is 29.2 Å². The summed E-state index contributed by atoms with van der Waals surface area (Å²) in [6, 6.07) is 10.5. The van der Waals surface area contributed by atoms with Crippen LogP contribution in [0.4, 0.5) is 0 Å². The first-order chi connectivity index (χ1) is 9.74. The van der Waals surface area contributed by atoms with Gasteiger partial charge in [-0.3, -0.25) is 9.58 Å². The third-order valence-electron chi connectivity index (χ3n) is 3.84. The first kappa shape index (κ1) is 12.9. The fourth-order valence-electron chi connectivity index (χ4n) is 2.75. The maximum atomic E-state index is 8.81. The SMILES string of the molecule is Cc1cnn(C2CCN(Cc3ccc(C#N)cc3)C2)c1. The fraction of sp³-hybridized carbons (Fsp3) is 0.375. The number of nitriles is 1. The lowest BCUT2D eigenvalue weighted by Crippen LogP contribution is -2.21. The molecule has 1 saturated heterocycles. The number of nitrogens with zero attached hydrogens (tertiary/aromatic N) is 4. The molecule has 4 heteroatoms. The number of aryl methyl sites for hydroxylation is 1. The maximum Gasteiger partial charge on any atom is 0.0991 e. The van der Waals surface area contributed by atoms with Gasteiger partial charge in [0.1, 0.15) is 0 Å². The van der Waals surface area contributed by atoms with Crippen LogP contribution in [-0.4, -0.2) is 27.8 Å². The van der Waals surface area contributed by atoms with E-state index in [4.69, 9.17) is 5.26 Å². The zero-order valence-electron chi connectivity index (χ0n) is 11.7. The van der Waals surface area contributed by atoms with Gasteiger partial charge in [0.15, 0.2) is 0 Å². The zero-order chi connectivity index (χ0) is 13.9. The molecule has 0 bridgehead atoms. The van der Waals surface area contributed by atoms with Gasteiger partial charge >= 0.3 is 0 Å². The highest BCUT2D eigenvalue weighted by atomic mass is 15.3. The lowest BCUT2D eigenvalue weighted by atomic mass is 10.1. The van der Waals surface area contributed by atoms with Crippen molar-refractivity contribution in [3.63, 3.8) is 0 Å². The van der Waals surface area contributed by atoms with Gasteiger partial charge in [-0.15, -0.1) is 0 Å². The Kier molecular flexibility index (Phi) is 3.53. The van der Waals surface area contributed by atoms with Crippen molar-refractivity contribution in [1.82, 2.24) is 14.7 Å². The van der Waals surface area contributed by atoms with Crippen LogP contribution in [0.2, 0.25) is 0 Å². The molecule has 1 aromatic carbocycles. The summed E-state index contributed by atoms with van der Waals surface area (Å²) in [4.78, 5) is 2.45. The van der Waals surface area contributed by atoms with Gasteiger partial charge in [0.25, 0.3) is 0 Å². The summed E-state index contributed by atoms with van der Waals surface area (Å²) in [5.41, 5.74) is 3.21. The molecule has 2 heterocycles. The van der Waals surface area contributed by atoms with E-state index in [0.717, 1.165) is 31.6 Å². The summed E-state index contributed by atoms with van der Waals surface area (Å²) >= 11 is 0. The Labute approximate surface area is 119 Å². The summed E-state index contributed by atoms with van der Waals surface area (Å²) in [7, 11) is 0. The molecule has 0 spiro atoms. The van der Waals surface area contributed by atoms with Crippen molar-refractivity contribution in [2.45, 2.75) is 25.9 Å². The number of likely N-dealkylation sites (tertiary alicyclic amines) is 1. The van der Waals surface area contributed by atoms with Gasteiger partial charge < -0.3 is 0 Å². The second-order valence-corrected chi connectivity index (χ2v) is 5.48. The third kappa shape index (κ3) is 2.73. The Morgan fingerprint density at radius 2 is 2.15 bits per heavy atom. The molecule has 1 atom stereocenters. The third-order valence-corrected chi connectivity index (χ3v) is 3.84. The lowest BCUT2D eigenvalue weighted by Gasteiger charge is -2.16. The van der Waals surface area contributed by atoms with Gasteiger partial charge in [0.05, 0.1) is 23.9 Å². The van der Waals surface area contributed by atoms with Crippen LogP contribution in [0.5, 0.6) is 0 Å². The smallest absolute Gasteiger partial charge is 0.0991 e. The van der Waals surface area contributed by atoms with E-state index in [9.17, 15) is 0 Å². The van der Waals surface area contributed by atoms with Crippen LogP contribution in [0.15, 0.2) is 36.7 Å². The highest BCUT2D eigenvalue weighted by Crippen LogP contribution is 2.22. The van der Waals surface area contributed by atoms with E-state index in [2.05, 4.69) is 33.9 Å². The summed E-state index contributed by atoms with van der Waals surface area (Å²) in [5, 5.41) is 13.2. The minimum atomic E-state index is 0.488. The molecular weight excluding hydrogens is 248 g/mol. The number of aromatic nitrogens is 2. The highest BCUT2D eigenvalue weighted by molar-refractivity contribution is 5.31. The zero-order valence-corrected chi connectivity index (χ0v) is 11.7. The predicted molar refractivity (Wildman–Crippen MR) is 77.1 cm³/mol. The second kappa shape index (κ2) is 5.48. The van der Waals surface area contributed by atoms with Crippen molar-refractivity contribution in [3.05, 3.63) is 53.3 Å². The van der Waals surface area contributed by atoms with Gasteiger partial charge in [0, 0.05) is 25.8 Å². The van der Waals surface area contributed by atoms with E-state index < -0.39 is 0 Å². The number of benzene rings is 1. The molecule has 4 nitrogen and oxygen atoms in total. The van der Waals surface area contributed by atoms with Gasteiger partial charge in [-0.1, -0.05) is 12.1 Å². The van der Waals surface area contributed by atoms with E-state index >= 15 is 0 Å². The summed E-state index contributed by atoms with van der Waals surface area (Å²) in [6.45, 7) is 5.17. The van der Waals surface area contributed by atoms with Gasteiger partial charge in [-0.2, -0.15) is 10.4 Å². The Bertz CT molecular complexity index is 621. The molecule has 102 valence electrons. The van der Waals surface area contributed by atoms with E-state index in [1.165, 1.54) is 11.1 Å². The number of rotatable bonds is 3. The summed E-state index contributed by atoms with van der Waals surface area (Å²) in [5.74, 6) is 0. The molecule has 0 amide bonds. The normalized spacial score (nSPS) is 19.1. The Balaban J connectivity index is 1.61. The van der Waals surface area contributed by atoms with Crippen molar-refractivity contribution < 1.29 is 0 Å². The van der Waals surface area contributed by atoms with Crippen LogP contribution in [0, 0.1) is 18.3 Å². The number of hydrogen-bond donors (Lipinski definition) is 0. The maximum absolute atomic E-state index is 8.81. The molecule has 1 aliphatic heterocycles. The molecule has 0 saturated carbocycles. The van der Waals surface area contributed by atoms with Crippen molar-refractivity contribution in [1.29, 1.82) is 5.26 Å². The molecule has 1 aliphatic rings. The van der Waals surface area contributed by atoms with Crippen molar-refractivity contribution in [2.75, 3.05) is 13.1 Å². The van der Waals surface area contributed by atoms with Gasteiger partial charge in [-0.05, 0) is 36.6 Å². The second-order valence-electron chi connectivity index (χ2n) is 5.48. The monoisotopic (exact) mass is 266 g/mol. The van der Waals surface area contributed by atoms with E-state index in [1.807, 2.05) is 30.5 Å². The molecule has 20 heavy (non-hydrogen) atoms.